The molecule has 0 radical (unpaired) electrons. The van der Waals surface area contributed by atoms with Gasteiger partial charge < -0.3 is 37.4 Å². The Morgan fingerprint density at radius 1 is 1.09 bits per heavy atom. The summed E-state index contributed by atoms with van der Waals surface area (Å²) in [6, 6.07) is 5.18. The number of nitrogens with two attached hydrogens (primary N) is 2. The summed E-state index contributed by atoms with van der Waals surface area (Å²) in [4.78, 5) is 29.2. The molecule has 0 aliphatic rings. The standard InChI is InChI=1S/C22H37N5O5/c1-3-14(2)19(21(32)26-16(13-28)5-4-12-25-22(23)24)27-20(31)18(30)11-8-15-6-9-17(29)10-7-15/h6-7,9-10,14,16,18-19,28-30H,3-5,8,11-13H2,1-2H3,(H,26,32)(H,27,31)(H4,23,24,25)/t14-,16?,18?,19-/m0/s1. The Morgan fingerprint density at radius 2 is 1.75 bits per heavy atom. The number of hydrogen-bond donors (Lipinski definition) is 7. The summed E-state index contributed by atoms with van der Waals surface area (Å²) in [6.45, 7) is 3.86. The van der Waals surface area contributed by atoms with E-state index < -0.39 is 30.0 Å². The molecule has 0 saturated heterocycles. The molecular weight excluding hydrogens is 414 g/mol. The zero-order valence-corrected chi connectivity index (χ0v) is 18.8. The first kappa shape index (κ1) is 27.2. The fraction of sp³-hybridized carbons (Fsp3) is 0.591. The maximum atomic E-state index is 12.8. The second-order valence-electron chi connectivity index (χ2n) is 7.93. The number of rotatable bonds is 14. The molecule has 0 aliphatic carbocycles. The summed E-state index contributed by atoms with van der Waals surface area (Å²) in [7, 11) is 0. The number of benzene rings is 1. The molecule has 0 aromatic heterocycles. The Kier molecular flexibility index (Phi) is 12.1. The highest BCUT2D eigenvalue weighted by molar-refractivity contribution is 5.89. The highest BCUT2D eigenvalue weighted by Crippen LogP contribution is 2.13. The lowest BCUT2D eigenvalue weighted by atomic mass is 9.97. The van der Waals surface area contributed by atoms with E-state index in [4.69, 9.17) is 11.5 Å². The van der Waals surface area contributed by atoms with Gasteiger partial charge in [0.05, 0.1) is 12.6 Å². The number of aliphatic imine (C=N–C) groups is 1. The molecule has 1 aromatic carbocycles. The first-order valence-corrected chi connectivity index (χ1v) is 10.9. The normalized spacial score (nSPS) is 14.6. The van der Waals surface area contributed by atoms with Crippen LogP contribution < -0.4 is 22.1 Å². The molecular formula is C22H37N5O5. The number of guanidine groups is 1. The Labute approximate surface area is 189 Å². The number of phenols is 1. The zero-order valence-electron chi connectivity index (χ0n) is 18.8. The minimum absolute atomic E-state index is 0.0156. The molecule has 0 bridgehead atoms. The van der Waals surface area contributed by atoms with E-state index in [2.05, 4.69) is 15.6 Å². The molecule has 9 N–H and O–H groups in total. The molecule has 32 heavy (non-hydrogen) atoms. The van der Waals surface area contributed by atoms with Gasteiger partial charge in [0.2, 0.25) is 11.8 Å². The molecule has 10 nitrogen and oxygen atoms in total. The number of amides is 2. The number of phenolic OH excluding ortho intramolecular Hbond substituents is 1. The third kappa shape index (κ3) is 9.97. The lowest BCUT2D eigenvalue weighted by molar-refractivity contribution is -0.135. The van der Waals surface area contributed by atoms with Crippen molar-refractivity contribution in [3.05, 3.63) is 29.8 Å². The monoisotopic (exact) mass is 451 g/mol. The van der Waals surface area contributed by atoms with Gasteiger partial charge >= 0.3 is 0 Å². The summed E-state index contributed by atoms with van der Waals surface area (Å²) in [6.07, 6.45) is 1.01. The Bertz CT molecular complexity index is 737. The first-order chi connectivity index (χ1) is 15.2. The summed E-state index contributed by atoms with van der Waals surface area (Å²) in [5.74, 6) is -1.09. The van der Waals surface area contributed by atoms with Crippen molar-refractivity contribution in [1.82, 2.24) is 10.6 Å². The van der Waals surface area contributed by atoms with Crippen LogP contribution in [0.1, 0.15) is 45.1 Å². The molecule has 1 rings (SSSR count). The molecule has 1 aromatic rings. The number of hydrogen-bond acceptors (Lipinski definition) is 6. The van der Waals surface area contributed by atoms with Gasteiger partial charge in [-0.3, -0.25) is 14.6 Å². The van der Waals surface area contributed by atoms with Crippen LogP contribution in [0.3, 0.4) is 0 Å². The number of nitrogens with zero attached hydrogens (tertiary/aromatic N) is 1. The lowest BCUT2D eigenvalue weighted by Crippen LogP contribution is -2.55. The van der Waals surface area contributed by atoms with E-state index in [-0.39, 0.29) is 30.7 Å². The van der Waals surface area contributed by atoms with Crippen molar-refractivity contribution in [2.75, 3.05) is 13.2 Å². The third-order valence-electron chi connectivity index (χ3n) is 5.31. The summed E-state index contributed by atoms with van der Waals surface area (Å²) in [5.41, 5.74) is 11.4. The average molecular weight is 452 g/mol. The number of aliphatic hydroxyl groups is 2. The molecule has 2 unspecified atom stereocenters. The molecule has 4 atom stereocenters. The second kappa shape index (κ2) is 14.3. The van der Waals surface area contributed by atoms with Gasteiger partial charge in [-0.15, -0.1) is 0 Å². The Morgan fingerprint density at radius 3 is 2.31 bits per heavy atom. The molecule has 0 heterocycles. The fourth-order valence-electron chi connectivity index (χ4n) is 3.09. The van der Waals surface area contributed by atoms with Crippen molar-refractivity contribution >= 4 is 17.8 Å². The van der Waals surface area contributed by atoms with Gasteiger partial charge in [-0.1, -0.05) is 32.4 Å². The number of carbonyl (C=O) groups is 2. The average Bonchev–Trinajstić information content (AvgIpc) is 2.77. The zero-order chi connectivity index (χ0) is 24.1. The highest BCUT2D eigenvalue weighted by atomic mass is 16.3. The van der Waals surface area contributed by atoms with Crippen LogP contribution in [0, 0.1) is 5.92 Å². The predicted molar refractivity (Wildman–Crippen MR) is 123 cm³/mol. The predicted octanol–water partition coefficient (Wildman–Crippen LogP) is -0.253. The molecule has 10 heteroatoms. The Balaban J connectivity index is 2.64. The maximum absolute atomic E-state index is 12.8. The van der Waals surface area contributed by atoms with Crippen molar-refractivity contribution in [2.24, 2.45) is 22.4 Å². The summed E-state index contributed by atoms with van der Waals surface area (Å²) >= 11 is 0. The van der Waals surface area contributed by atoms with Crippen LogP contribution in [-0.2, 0) is 16.0 Å². The van der Waals surface area contributed by atoms with Crippen LogP contribution in [0.5, 0.6) is 5.75 Å². The molecule has 0 fully saturated rings. The van der Waals surface area contributed by atoms with Crippen molar-refractivity contribution < 1.29 is 24.9 Å². The van der Waals surface area contributed by atoms with E-state index >= 15 is 0 Å². The molecule has 180 valence electrons. The van der Waals surface area contributed by atoms with Crippen LogP contribution in [0.2, 0.25) is 0 Å². The summed E-state index contributed by atoms with van der Waals surface area (Å²) < 4.78 is 0. The SMILES string of the molecule is CC[C@H](C)[C@H](NC(=O)C(O)CCc1ccc(O)cc1)C(=O)NC(CO)CCCN=C(N)N. The quantitative estimate of drug-likeness (QED) is 0.115. The van der Waals surface area contributed by atoms with Gasteiger partial charge in [0.15, 0.2) is 5.96 Å². The minimum Gasteiger partial charge on any atom is -0.508 e. The Hall–Kier alpha value is -2.85. The van der Waals surface area contributed by atoms with Gasteiger partial charge in [-0.25, -0.2) is 0 Å². The smallest absolute Gasteiger partial charge is 0.249 e. The van der Waals surface area contributed by atoms with Gasteiger partial charge in [-0.2, -0.15) is 0 Å². The summed E-state index contributed by atoms with van der Waals surface area (Å²) in [5, 5.41) is 34.6. The van der Waals surface area contributed by atoms with E-state index in [1.807, 2.05) is 13.8 Å². The van der Waals surface area contributed by atoms with Crippen molar-refractivity contribution in [2.45, 2.75) is 64.1 Å². The van der Waals surface area contributed by atoms with Crippen LogP contribution in [-0.4, -0.2) is 64.4 Å². The van der Waals surface area contributed by atoms with Gasteiger partial charge in [0, 0.05) is 6.54 Å². The molecule has 0 spiro atoms. The van der Waals surface area contributed by atoms with Gasteiger partial charge in [0.1, 0.15) is 17.9 Å². The number of carbonyl (C=O) groups excluding carboxylic acids is 2. The van der Waals surface area contributed by atoms with Gasteiger partial charge in [-0.05, 0) is 49.3 Å². The number of aryl methyl sites for hydroxylation is 1. The topological polar surface area (TPSA) is 183 Å². The lowest BCUT2D eigenvalue weighted by Gasteiger charge is -2.27. The van der Waals surface area contributed by atoms with E-state index in [1.165, 1.54) is 0 Å². The van der Waals surface area contributed by atoms with E-state index in [9.17, 15) is 24.9 Å². The highest BCUT2D eigenvalue weighted by Gasteiger charge is 2.29. The van der Waals surface area contributed by atoms with Crippen LogP contribution in [0.15, 0.2) is 29.3 Å². The van der Waals surface area contributed by atoms with Crippen LogP contribution >= 0.6 is 0 Å². The van der Waals surface area contributed by atoms with Crippen LogP contribution in [0.4, 0.5) is 0 Å². The van der Waals surface area contributed by atoms with E-state index in [1.54, 1.807) is 24.3 Å². The molecule has 2 amide bonds. The number of aliphatic hydroxyl groups excluding tert-OH is 2. The van der Waals surface area contributed by atoms with Crippen molar-refractivity contribution in [1.29, 1.82) is 0 Å². The van der Waals surface area contributed by atoms with Crippen LogP contribution in [0.25, 0.3) is 0 Å². The minimum atomic E-state index is -1.28. The van der Waals surface area contributed by atoms with E-state index in [0.29, 0.717) is 32.2 Å². The fourth-order valence-corrected chi connectivity index (χ4v) is 3.09. The number of aromatic hydroxyl groups is 1. The van der Waals surface area contributed by atoms with E-state index in [0.717, 1.165) is 5.56 Å². The molecule has 0 aliphatic heterocycles. The number of nitrogens with one attached hydrogen (secondary N) is 2. The largest absolute Gasteiger partial charge is 0.508 e. The van der Waals surface area contributed by atoms with Crippen molar-refractivity contribution in [3.63, 3.8) is 0 Å². The molecule has 0 saturated carbocycles. The second-order valence-corrected chi connectivity index (χ2v) is 7.93. The third-order valence-corrected chi connectivity index (χ3v) is 5.31. The van der Waals surface area contributed by atoms with Crippen molar-refractivity contribution in [3.8, 4) is 5.75 Å². The first-order valence-electron chi connectivity index (χ1n) is 10.9. The maximum Gasteiger partial charge on any atom is 0.249 e. The van der Waals surface area contributed by atoms with Gasteiger partial charge in [0.25, 0.3) is 0 Å².